The molecule has 112 valence electrons. The summed E-state index contributed by atoms with van der Waals surface area (Å²) in [6, 6.07) is 14.5. The summed E-state index contributed by atoms with van der Waals surface area (Å²) in [6.45, 7) is 7.72. The molecule has 0 saturated carbocycles. The van der Waals surface area contributed by atoms with Gasteiger partial charge in [-0.1, -0.05) is 42.8 Å². The summed E-state index contributed by atoms with van der Waals surface area (Å²) in [4.78, 5) is 0. The molecule has 1 unspecified atom stereocenters. The van der Waals surface area contributed by atoms with Gasteiger partial charge >= 0.3 is 0 Å². The van der Waals surface area contributed by atoms with Gasteiger partial charge in [0.1, 0.15) is 12.4 Å². The highest BCUT2D eigenvalue weighted by atomic mass is 35.5. The van der Waals surface area contributed by atoms with Crippen LogP contribution in [0.4, 0.5) is 0 Å². The minimum atomic E-state index is 0.321. The van der Waals surface area contributed by atoms with Crippen molar-refractivity contribution in [1.29, 1.82) is 0 Å². The van der Waals surface area contributed by atoms with E-state index in [2.05, 4.69) is 31.3 Å². The predicted molar refractivity (Wildman–Crippen MR) is 89.1 cm³/mol. The Hall–Kier alpha value is -1.51. The predicted octanol–water partition coefficient (Wildman–Crippen LogP) is 4.90. The van der Waals surface area contributed by atoms with Gasteiger partial charge in [-0.05, 0) is 49.7 Å². The fraction of sp³-hybridized carbons (Fsp3) is 0.333. The van der Waals surface area contributed by atoms with Crippen LogP contribution in [0.2, 0.25) is 5.02 Å². The lowest BCUT2D eigenvalue weighted by molar-refractivity contribution is 0.305. The van der Waals surface area contributed by atoms with Gasteiger partial charge in [-0.3, -0.25) is 0 Å². The molecule has 0 aliphatic heterocycles. The second-order valence-corrected chi connectivity index (χ2v) is 5.64. The summed E-state index contributed by atoms with van der Waals surface area (Å²) >= 11 is 6.23. The molecular formula is C18H22ClNO. The maximum atomic E-state index is 6.23. The number of ether oxygens (including phenoxy) is 1. The molecule has 0 aliphatic carbocycles. The van der Waals surface area contributed by atoms with Gasteiger partial charge in [0.2, 0.25) is 0 Å². The third-order valence-corrected chi connectivity index (χ3v) is 3.82. The number of rotatable bonds is 6. The van der Waals surface area contributed by atoms with E-state index in [0.29, 0.717) is 12.6 Å². The Labute approximate surface area is 132 Å². The van der Waals surface area contributed by atoms with Crippen LogP contribution in [0.5, 0.6) is 5.75 Å². The van der Waals surface area contributed by atoms with Crippen LogP contribution in [0.15, 0.2) is 42.5 Å². The van der Waals surface area contributed by atoms with E-state index >= 15 is 0 Å². The summed E-state index contributed by atoms with van der Waals surface area (Å²) in [6.07, 6.45) is 0. The molecule has 1 N–H and O–H groups in total. The van der Waals surface area contributed by atoms with Crippen molar-refractivity contribution in [3.8, 4) is 5.75 Å². The summed E-state index contributed by atoms with van der Waals surface area (Å²) in [5.74, 6) is 0.869. The Morgan fingerprint density at radius 1 is 1.19 bits per heavy atom. The van der Waals surface area contributed by atoms with Gasteiger partial charge in [-0.25, -0.2) is 0 Å². The molecular weight excluding hydrogens is 282 g/mol. The van der Waals surface area contributed by atoms with Crippen LogP contribution in [0.25, 0.3) is 0 Å². The monoisotopic (exact) mass is 303 g/mol. The standard InChI is InChI=1S/C18H22ClNO/c1-4-20-14(3)15-6-5-7-17(11-15)21-12-16-9-8-13(2)10-18(16)19/h5-11,14,20H,4,12H2,1-3H3. The average Bonchev–Trinajstić information content (AvgIpc) is 2.47. The fourth-order valence-electron chi connectivity index (χ4n) is 2.23. The molecule has 0 amide bonds. The first kappa shape index (κ1) is 15.9. The average molecular weight is 304 g/mol. The molecule has 0 bridgehead atoms. The molecule has 3 heteroatoms. The van der Waals surface area contributed by atoms with Crippen molar-refractivity contribution in [3.05, 3.63) is 64.2 Å². The van der Waals surface area contributed by atoms with Crippen molar-refractivity contribution in [2.45, 2.75) is 33.4 Å². The van der Waals surface area contributed by atoms with Gasteiger partial charge in [0.05, 0.1) is 0 Å². The van der Waals surface area contributed by atoms with Crippen LogP contribution in [0.3, 0.4) is 0 Å². The zero-order chi connectivity index (χ0) is 15.2. The Bertz CT molecular complexity index is 598. The largest absolute Gasteiger partial charge is 0.489 e. The summed E-state index contributed by atoms with van der Waals surface area (Å²) in [5, 5.41) is 4.16. The molecule has 0 heterocycles. The zero-order valence-corrected chi connectivity index (χ0v) is 13.6. The van der Waals surface area contributed by atoms with Crippen LogP contribution in [0.1, 0.15) is 36.6 Å². The normalized spacial score (nSPS) is 12.2. The van der Waals surface area contributed by atoms with Gasteiger partial charge < -0.3 is 10.1 Å². The maximum absolute atomic E-state index is 6.23. The summed E-state index contributed by atoms with van der Waals surface area (Å²) in [7, 11) is 0. The van der Waals surface area contributed by atoms with E-state index in [-0.39, 0.29) is 0 Å². The lowest BCUT2D eigenvalue weighted by Gasteiger charge is -2.14. The number of halogens is 1. The highest BCUT2D eigenvalue weighted by Crippen LogP contribution is 2.22. The molecule has 2 aromatic rings. The van der Waals surface area contributed by atoms with E-state index in [9.17, 15) is 0 Å². The smallest absolute Gasteiger partial charge is 0.120 e. The van der Waals surface area contributed by atoms with Gasteiger partial charge in [-0.15, -0.1) is 0 Å². The summed E-state index contributed by atoms with van der Waals surface area (Å²) < 4.78 is 5.87. The fourth-order valence-corrected chi connectivity index (χ4v) is 2.52. The molecule has 0 aliphatic rings. The second-order valence-electron chi connectivity index (χ2n) is 5.24. The molecule has 0 fully saturated rings. The van der Waals surface area contributed by atoms with Gasteiger partial charge in [-0.2, -0.15) is 0 Å². The molecule has 2 rings (SSSR count). The topological polar surface area (TPSA) is 21.3 Å². The van der Waals surface area contributed by atoms with E-state index in [1.807, 2.05) is 37.3 Å². The van der Waals surface area contributed by atoms with E-state index in [0.717, 1.165) is 28.4 Å². The molecule has 0 radical (unpaired) electrons. The van der Waals surface area contributed by atoms with Crippen LogP contribution < -0.4 is 10.1 Å². The van der Waals surface area contributed by atoms with Crippen molar-refractivity contribution >= 4 is 11.6 Å². The first-order valence-corrected chi connectivity index (χ1v) is 7.69. The van der Waals surface area contributed by atoms with Gasteiger partial charge in [0.25, 0.3) is 0 Å². The van der Waals surface area contributed by atoms with Crippen molar-refractivity contribution in [2.75, 3.05) is 6.54 Å². The summed E-state index contributed by atoms with van der Waals surface area (Å²) in [5.41, 5.74) is 3.39. The molecule has 0 saturated heterocycles. The number of benzene rings is 2. The third kappa shape index (κ3) is 4.48. The van der Waals surface area contributed by atoms with Gasteiger partial charge in [0, 0.05) is 16.6 Å². The van der Waals surface area contributed by atoms with Crippen LogP contribution in [-0.4, -0.2) is 6.54 Å². The molecule has 21 heavy (non-hydrogen) atoms. The third-order valence-electron chi connectivity index (χ3n) is 3.47. The highest BCUT2D eigenvalue weighted by molar-refractivity contribution is 6.31. The Balaban J connectivity index is 2.04. The first-order chi connectivity index (χ1) is 10.1. The zero-order valence-electron chi connectivity index (χ0n) is 12.8. The van der Waals surface area contributed by atoms with Gasteiger partial charge in [0.15, 0.2) is 0 Å². The molecule has 0 spiro atoms. The van der Waals surface area contributed by atoms with E-state index in [1.54, 1.807) is 0 Å². The van der Waals surface area contributed by atoms with E-state index in [4.69, 9.17) is 16.3 Å². The quantitative estimate of drug-likeness (QED) is 0.819. The molecule has 2 aromatic carbocycles. The van der Waals surface area contributed by atoms with Crippen molar-refractivity contribution in [3.63, 3.8) is 0 Å². The maximum Gasteiger partial charge on any atom is 0.120 e. The highest BCUT2D eigenvalue weighted by Gasteiger charge is 2.06. The lowest BCUT2D eigenvalue weighted by Crippen LogP contribution is -2.17. The van der Waals surface area contributed by atoms with Crippen LogP contribution in [0, 0.1) is 6.92 Å². The lowest BCUT2D eigenvalue weighted by atomic mass is 10.1. The van der Waals surface area contributed by atoms with Crippen LogP contribution in [-0.2, 0) is 6.61 Å². The number of aryl methyl sites for hydroxylation is 1. The Morgan fingerprint density at radius 3 is 2.71 bits per heavy atom. The Kier molecular flexibility index (Phi) is 5.66. The number of nitrogens with one attached hydrogen (secondary N) is 1. The van der Waals surface area contributed by atoms with Crippen LogP contribution >= 0.6 is 11.6 Å². The van der Waals surface area contributed by atoms with Crippen molar-refractivity contribution in [2.24, 2.45) is 0 Å². The second kappa shape index (κ2) is 7.48. The first-order valence-electron chi connectivity index (χ1n) is 7.31. The molecule has 1 atom stereocenters. The van der Waals surface area contributed by atoms with E-state index < -0.39 is 0 Å². The van der Waals surface area contributed by atoms with Crippen molar-refractivity contribution in [1.82, 2.24) is 5.32 Å². The number of hydrogen-bond donors (Lipinski definition) is 1. The SMILES string of the molecule is CCNC(C)c1cccc(OCc2ccc(C)cc2Cl)c1. The Morgan fingerprint density at radius 2 is 2.00 bits per heavy atom. The molecule has 2 nitrogen and oxygen atoms in total. The van der Waals surface area contributed by atoms with Crippen molar-refractivity contribution < 1.29 is 4.74 Å². The minimum Gasteiger partial charge on any atom is -0.489 e. The molecule has 0 aromatic heterocycles. The number of hydrogen-bond acceptors (Lipinski definition) is 2. The minimum absolute atomic E-state index is 0.321. The van der Waals surface area contributed by atoms with E-state index in [1.165, 1.54) is 5.56 Å².